The van der Waals surface area contributed by atoms with E-state index >= 15 is 0 Å². The van der Waals surface area contributed by atoms with Crippen LogP contribution in [0.15, 0.2) is 0 Å². The zero-order valence-corrected chi connectivity index (χ0v) is 8.26. The van der Waals surface area contributed by atoms with E-state index in [4.69, 9.17) is 4.74 Å². The number of methoxy groups -OCH3 is 1. The first kappa shape index (κ1) is 12.1. The molecule has 13 heavy (non-hydrogen) atoms. The quantitative estimate of drug-likeness (QED) is 0.591. The summed E-state index contributed by atoms with van der Waals surface area (Å²) in [5, 5.41) is 2.70. The highest BCUT2D eigenvalue weighted by molar-refractivity contribution is 5.83. The van der Waals surface area contributed by atoms with Crippen LogP contribution in [0.1, 0.15) is 26.2 Å². The lowest BCUT2D eigenvalue weighted by Gasteiger charge is -2.03. The molecule has 0 bridgehead atoms. The molecule has 0 unspecified atom stereocenters. The van der Waals surface area contributed by atoms with Crippen LogP contribution in [-0.2, 0) is 14.3 Å². The van der Waals surface area contributed by atoms with Crippen molar-refractivity contribution in [2.24, 2.45) is 0 Å². The Kier molecular flexibility index (Phi) is 7.20. The summed E-state index contributed by atoms with van der Waals surface area (Å²) in [6.45, 7) is 2.75. The van der Waals surface area contributed by atoms with Crippen molar-refractivity contribution in [3.05, 3.63) is 0 Å². The zero-order chi connectivity index (χ0) is 10.1. The van der Waals surface area contributed by atoms with Gasteiger partial charge in [0.05, 0.1) is 0 Å². The molecule has 0 heterocycles. The number of nitrogens with one attached hydrogen (secondary N) is 1. The van der Waals surface area contributed by atoms with Gasteiger partial charge >= 0.3 is 0 Å². The maximum absolute atomic E-state index is 11.0. The second kappa shape index (κ2) is 7.73. The van der Waals surface area contributed by atoms with Crippen molar-refractivity contribution in [2.45, 2.75) is 26.2 Å². The standard InChI is InChI=1S/C9H17NO3/c1-8(11)4-5-9(12)10-6-3-7-13-2/h3-7H2,1-2H3,(H,10,12). The highest BCUT2D eigenvalue weighted by Crippen LogP contribution is 1.90. The summed E-state index contributed by atoms with van der Waals surface area (Å²) in [4.78, 5) is 21.5. The summed E-state index contributed by atoms with van der Waals surface area (Å²) in [7, 11) is 1.62. The van der Waals surface area contributed by atoms with Gasteiger partial charge in [-0.25, -0.2) is 0 Å². The smallest absolute Gasteiger partial charge is 0.220 e. The molecule has 0 aromatic rings. The van der Waals surface area contributed by atoms with E-state index in [-0.39, 0.29) is 11.7 Å². The molecule has 0 aliphatic rings. The number of carbonyl (C=O) groups excluding carboxylic acids is 2. The van der Waals surface area contributed by atoms with Crippen LogP contribution < -0.4 is 5.32 Å². The first-order chi connectivity index (χ1) is 6.16. The van der Waals surface area contributed by atoms with E-state index in [0.717, 1.165) is 6.42 Å². The Hall–Kier alpha value is -0.900. The first-order valence-corrected chi connectivity index (χ1v) is 4.42. The van der Waals surface area contributed by atoms with Crippen LogP contribution in [0, 0.1) is 0 Å². The van der Waals surface area contributed by atoms with Crippen LogP contribution in [-0.4, -0.2) is 32.0 Å². The van der Waals surface area contributed by atoms with Gasteiger partial charge in [0.15, 0.2) is 0 Å². The molecule has 0 saturated heterocycles. The van der Waals surface area contributed by atoms with Crippen molar-refractivity contribution >= 4 is 11.7 Å². The van der Waals surface area contributed by atoms with E-state index in [1.54, 1.807) is 7.11 Å². The van der Waals surface area contributed by atoms with Crippen LogP contribution in [0.2, 0.25) is 0 Å². The summed E-state index contributed by atoms with van der Waals surface area (Å²) in [6.07, 6.45) is 1.43. The molecule has 1 N–H and O–H groups in total. The van der Waals surface area contributed by atoms with Gasteiger partial charge in [-0.05, 0) is 13.3 Å². The van der Waals surface area contributed by atoms with Gasteiger partial charge in [-0.3, -0.25) is 4.79 Å². The third-order valence-electron chi connectivity index (χ3n) is 1.55. The largest absolute Gasteiger partial charge is 0.385 e. The van der Waals surface area contributed by atoms with Crippen LogP contribution in [0.25, 0.3) is 0 Å². The van der Waals surface area contributed by atoms with Gasteiger partial charge in [0, 0.05) is 33.1 Å². The highest BCUT2D eigenvalue weighted by Gasteiger charge is 2.01. The highest BCUT2D eigenvalue weighted by atomic mass is 16.5. The van der Waals surface area contributed by atoms with E-state index in [1.807, 2.05) is 0 Å². The minimum atomic E-state index is -0.0636. The van der Waals surface area contributed by atoms with Gasteiger partial charge in [-0.15, -0.1) is 0 Å². The normalized spacial score (nSPS) is 9.69. The lowest BCUT2D eigenvalue weighted by atomic mass is 10.2. The minimum Gasteiger partial charge on any atom is -0.385 e. The Balaban J connectivity index is 3.25. The Morgan fingerprint density at radius 2 is 2.00 bits per heavy atom. The predicted octanol–water partition coefficient (Wildman–Crippen LogP) is 0.508. The number of hydrogen-bond donors (Lipinski definition) is 1. The van der Waals surface area contributed by atoms with Crippen molar-refractivity contribution in [1.82, 2.24) is 5.32 Å². The molecule has 0 radical (unpaired) electrons. The molecule has 4 heteroatoms. The molecule has 0 aliphatic carbocycles. The number of ketones is 1. The fourth-order valence-electron chi connectivity index (χ4n) is 0.822. The molecular formula is C9H17NO3. The average molecular weight is 187 g/mol. The van der Waals surface area contributed by atoms with Gasteiger partial charge in [0.2, 0.25) is 5.91 Å². The molecule has 0 saturated carbocycles. The summed E-state index contributed by atoms with van der Waals surface area (Å²) in [5.74, 6) is -0.0154. The maximum atomic E-state index is 11.0. The molecule has 76 valence electrons. The van der Waals surface area contributed by atoms with Crippen molar-refractivity contribution in [3.63, 3.8) is 0 Å². The predicted molar refractivity (Wildman–Crippen MR) is 49.4 cm³/mol. The third-order valence-corrected chi connectivity index (χ3v) is 1.55. The lowest BCUT2D eigenvalue weighted by Crippen LogP contribution is -2.25. The number of ether oxygens (including phenoxy) is 1. The SMILES string of the molecule is COCCCNC(=O)CCC(C)=O. The number of carbonyl (C=O) groups is 2. The van der Waals surface area contributed by atoms with E-state index in [0.29, 0.717) is 26.0 Å². The second-order valence-corrected chi connectivity index (χ2v) is 2.90. The summed E-state index contributed by atoms with van der Waals surface area (Å²) in [6, 6.07) is 0. The van der Waals surface area contributed by atoms with Crippen LogP contribution >= 0.6 is 0 Å². The number of Topliss-reactive ketones (excluding diaryl/α,β-unsaturated/α-hetero) is 1. The summed E-state index contributed by atoms with van der Waals surface area (Å²) >= 11 is 0. The van der Waals surface area contributed by atoms with Gasteiger partial charge in [-0.2, -0.15) is 0 Å². The van der Waals surface area contributed by atoms with E-state index in [1.165, 1.54) is 6.92 Å². The fraction of sp³-hybridized carbons (Fsp3) is 0.778. The van der Waals surface area contributed by atoms with Gasteiger partial charge in [0.1, 0.15) is 5.78 Å². The molecule has 0 aromatic carbocycles. The second-order valence-electron chi connectivity index (χ2n) is 2.90. The minimum absolute atomic E-state index is 0.0482. The Morgan fingerprint density at radius 1 is 1.31 bits per heavy atom. The zero-order valence-electron chi connectivity index (χ0n) is 8.26. The number of hydrogen-bond acceptors (Lipinski definition) is 3. The first-order valence-electron chi connectivity index (χ1n) is 4.42. The molecule has 0 aromatic heterocycles. The Morgan fingerprint density at radius 3 is 2.54 bits per heavy atom. The Bertz CT molecular complexity index is 168. The van der Waals surface area contributed by atoms with E-state index in [2.05, 4.69) is 5.32 Å². The third kappa shape index (κ3) is 9.01. The van der Waals surface area contributed by atoms with Crippen molar-refractivity contribution in [1.29, 1.82) is 0 Å². The van der Waals surface area contributed by atoms with Crippen LogP contribution in [0.5, 0.6) is 0 Å². The van der Waals surface area contributed by atoms with Gasteiger partial charge in [-0.1, -0.05) is 0 Å². The Labute approximate surface area is 78.6 Å². The average Bonchev–Trinajstić information content (AvgIpc) is 2.09. The van der Waals surface area contributed by atoms with Crippen LogP contribution in [0.3, 0.4) is 0 Å². The van der Waals surface area contributed by atoms with Gasteiger partial charge in [0.25, 0.3) is 0 Å². The molecule has 0 fully saturated rings. The molecule has 4 nitrogen and oxygen atoms in total. The summed E-state index contributed by atoms with van der Waals surface area (Å²) < 4.78 is 4.82. The van der Waals surface area contributed by atoms with Crippen molar-refractivity contribution in [3.8, 4) is 0 Å². The number of amides is 1. The maximum Gasteiger partial charge on any atom is 0.220 e. The van der Waals surface area contributed by atoms with Crippen molar-refractivity contribution < 1.29 is 14.3 Å². The lowest BCUT2D eigenvalue weighted by molar-refractivity contribution is -0.124. The topological polar surface area (TPSA) is 55.4 Å². The molecule has 0 spiro atoms. The molecule has 0 rings (SSSR count). The molecule has 1 amide bonds. The van der Waals surface area contributed by atoms with E-state index < -0.39 is 0 Å². The molecule has 0 aliphatic heterocycles. The molecular weight excluding hydrogens is 170 g/mol. The monoisotopic (exact) mass is 187 g/mol. The van der Waals surface area contributed by atoms with Crippen LogP contribution in [0.4, 0.5) is 0 Å². The summed E-state index contributed by atoms with van der Waals surface area (Å²) in [5.41, 5.74) is 0. The molecule has 0 atom stereocenters. The van der Waals surface area contributed by atoms with Crippen molar-refractivity contribution in [2.75, 3.05) is 20.3 Å². The fourth-order valence-corrected chi connectivity index (χ4v) is 0.822. The number of rotatable bonds is 7. The van der Waals surface area contributed by atoms with E-state index in [9.17, 15) is 9.59 Å². The van der Waals surface area contributed by atoms with Gasteiger partial charge < -0.3 is 14.8 Å².